The third-order valence-electron chi connectivity index (χ3n) is 2.94. The molecule has 0 unspecified atom stereocenters. The molecule has 0 spiro atoms. The Balaban J connectivity index is 2.45. The van der Waals surface area contributed by atoms with Gasteiger partial charge in [0.1, 0.15) is 11.4 Å². The van der Waals surface area contributed by atoms with Crippen molar-refractivity contribution in [3.8, 4) is 0 Å². The number of nitro groups is 1. The topological polar surface area (TPSA) is 58.4 Å². The molecule has 0 saturated heterocycles. The molecule has 1 saturated carbocycles. The molecule has 5 heteroatoms. The quantitative estimate of drug-likeness (QED) is 0.625. The zero-order chi connectivity index (χ0) is 11.7. The fraction of sp³-hybridized carbons (Fsp3) is 0.455. The zero-order valence-electron chi connectivity index (χ0n) is 9.43. The molecule has 1 aromatic carbocycles. The summed E-state index contributed by atoms with van der Waals surface area (Å²) in [5.74, 6) is 0. The molecule has 1 aromatic rings. The van der Waals surface area contributed by atoms with Crippen LogP contribution in [0.25, 0.3) is 0 Å². The highest BCUT2D eigenvalue weighted by molar-refractivity contribution is 5.77. The Labute approximate surface area is 94.2 Å². The van der Waals surface area contributed by atoms with Gasteiger partial charge in [0.25, 0.3) is 0 Å². The van der Waals surface area contributed by atoms with Crippen LogP contribution in [0, 0.1) is 10.1 Å². The van der Waals surface area contributed by atoms with Gasteiger partial charge < -0.3 is 10.2 Å². The van der Waals surface area contributed by atoms with Gasteiger partial charge in [0, 0.05) is 20.1 Å². The fourth-order valence-corrected chi connectivity index (χ4v) is 1.87. The lowest BCUT2D eigenvalue weighted by Gasteiger charge is -2.19. The first-order chi connectivity index (χ1) is 7.65. The number of rotatable bonds is 4. The van der Waals surface area contributed by atoms with Crippen molar-refractivity contribution in [2.75, 3.05) is 24.3 Å². The summed E-state index contributed by atoms with van der Waals surface area (Å²) >= 11 is 0. The Kier molecular flexibility index (Phi) is 2.68. The maximum absolute atomic E-state index is 11.1. The van der Waals surface area contributed by atoms with Gasteiger partial charge in [0.2, 0.25) is 0 Å². The molecule has 5 nitrogen and oxygen atoms in total. The molecule has 2 rings (SSSR count). The van der Waals surface area contributed by atoms with Crippen LogP contribution in [0.2, 0.25) is 0 Å². The molecule has 1 aliphatic carbocycles. The first-order valence-corrected chi connectivity index (χ1v) is 5.33. The molecular weight excluding hydrogens is 206 g/mol. The standard InChI is InChI=1S/C11H15N3O2/c1-12-9-4-3-5-10(11(9)14(15)16)13(2)8-6-7-8/h3-5,8,12H,6-7H2,1-2H3. The lowest BCUT2D eigenvalue weighted by atomic mass is 10.2. The molecular formula is C11H15N3O2. The molecule has 1 N–H and O–H groups in total. The van der Waals surface area contributed by atoms with Gasteiger partial charge in [-0.2, -0.15) is 0 Å². The van der Waals surface area contributed by atoms with Crippen molar-refractivity contribution < 1.29 is 4.92 Å². The molecule has 0 amide bonds. The Hall–Kier alpha value is -1.78. The second-order valence-electron chi connectivity index (χ2n) is 4.02. The largest absolute Gasteiger partial charge is 0.382 e. The van der Waals surface area contributed by atoms with E-state index in [0.29, 0.717) is 17.4 Å². The van der Waals surface area contributed by atoms with Crippen LogP contribution in [0.1, 0.15) is 12.8 Å². The van der Waals surface area contributed by atoms with Gasteiger partial charge in [-0.1, -0.05) is 6.07 Å². The Morgan fingerprint density at radius 3 is 2.69 bits per heavy atom. The number of nitrogens with one attached hydrogen (secondary N) is 1. The van der Waals surface area contributed by atoms with E-state index < -0.39 is 0 Å². The van der Waals surface area contributed by atoms with Crippen LogP contribution in [-0.4, -0.2) is 25.1 Å². The summed E-state index contributed by atoms with van der Waals surface area (Å²) in [7, 11) is 3.61. The smallest absolute Gasteiger partial charge is 0.315 e. The Bertz CT molecular complexity index is 416. The van der Waals surface area contributed by atoms with E-state index in [1.165, 1.54) is 0 Å². The van der Waals surface area contributed by atoms with Gasteiger partial charge in [-0.15, -0.1) is 0 Å². The number of para-hydroxylation sites is 1. The van der Waals surface area contributed by atoms with E-state index in [9.17, 15) is 10.1 Å². The van der Waals surface area contributed by atoms with Crippen LogP contribution < -0.4 is 10.2 Å². The van der Waals surface area contributed by atoms with E-state index in [-0.39, 0.29) is 10.6 Å². The van der Waals surface area contributed by atoms with Crippen LogP contribution in [0.3, 0.4) is 0 Å². The van der Waals surface area contributed by atoms with Crippen molar-refractivity contribution in [3.05, 3.63) is 28.3 Å². The molecule has 1 aliphatic rings. The van der Waals surface area contributed by atoms with Gasteiger partial charge in [0.05, 0.1) is 4.92 Å². The second-order valence-corrected chi connectivity index (χ2v) is 4.02. The van der Waals surface area contributed by atoms with E-state index in [1.807, 2.05) is 18.0 Å². The number of anilines is 2. The van der Waals surface area contributed by atoms with E-state index in [4.69, 9.17) is 0 Å². The molecule has 86 valence electrons. The van der Waals surface area contributed by atoms with Crippen molar-refractivity contribution in [2.45, 2.75) is 18.9 Å². The third-order valence-corrected chi connectivity index (χ3v) is 2.94. The lowest BCUT2D eigenvalue weighted by Crippen LogP contribution is -2.20. The molecule has 0 bridgehead atoms. The molecule has 0 radical (unpaired) electrons. The minimum Gasteiger partial charge on any atom is -0.382 e. The molecule has 0 heterocycles. The van der Waals surface area contributed by atoms with Gasteiger partial charge in [0.15, 0.2) is 0 Å². The normalized spacial score (nSPS) is 14.6. The summed E-state index contributed by atoms with van der Waals surface area (Å²) < 4.78 is 0. The first-order valence-electron chi connectivity index (χ1n) is 5.33. The van der Waals surface area contributed by atoms with Crippen molar-refractivity contribution in [1.82, 2.24) is 0 Å². The summed E-state index contributed by atoms with van der Waals surface area (Å²) in [6, 6.07) is 5.83. The Morgan fingerprint density at radius 2 is 2.19 bits per heavy atom. The maximum Gasteiger partial charge on any atom is 0.315 e. The van der Waals surface area contributed by atoms with E-state index in [0.717, 1.165) is 12.8 Å². The highest BCUT2D eigenvalue weighted by atomic mass is 16.6. The van der Waals surface area contributed by atoms with Gasteiger partial charge in [-0.3, -0.25) is 10.1 Å². The average molecular weight is 221 g/mol. The SMILES string of the molecule is CNc1cccc(N(C)C2CC2)c1[N+](=O)[O-]. The molecule has 1 fully saturated rings. The number of hydrogen-bond acceptors (Lipinski definition) is 4. The van der Waals surface area contributed by atoms with Gasteiger partial charge in [-0.05, 0) is 25.0 Å². The van der Waals surface area contributed by atoms with Crippen LogP contribution in [0.15, 0.2) is 18.2 Å². The van der Waals surface area contributed by atoms with Gasteiger partial charge in [-0.25, -0.2) is 0 Å². The zero-order valence-corrected chi connectivity index (χ0v) is 9.43. The van der Waals surface area contributed by atoms with E-state index >= 15 is 0 Å². The summed E-state index contributed by atoms with van der Waals surface area (Å²) in [4.78, 5) is 12.8. The monoisotopic (exact) mass is 221 g/mol. The highest BCUT2D eigenvalue weighted by Gasteiger charge is 2.31. The molecule has 0 aromatic heterocycles. The van der Waals surface area contributed by atoms with Crippen LogP contribution >= 0.6 is 0 Å². The van der Waals surface area contributed by atoms with Crippen LogP contribution in [-0.2, 0) is 0 Å². The highest BCUT2D eigenvalue weighted by Crippen LogP contribution is 2.39. The second kappa shape index (κ2) is 4.00. The summed E-state index contributed by atoms with van der Waals surface area (Å²) in [5.41, 5.74) is 1.42. The number of benzene rings is 1. The molecule has 0 atom stereocenters. The van der Waals surface area contributed by atoms with Crippen molar-refractivity contribution >= 4 is 17.1 Å². The van der Waals surface area contributed by atoms with Crippen molar-refractivity contribution in [2.24, 2.45) is 0 Å². The number of hydrogen-bond donors (Lipinski definition) is 1. The van der Waals surface area contributed by atoms with Crippen molar-refractivity contribution in [3.63, 3.8) is 0 Å². The molecule has 0 aliphatic heterocycles. The number of nitro benzene ring substituents is 1. The van der Waals surface area contributed by atoms with Crippen LogP contribution in [0.5, 0.6) is 0 Å². The summed E-state index contributed by atoms with van der Waals surface area (Å²) in [5, 5.41) is 14.0. The minimum atomic E-state index is -0.319. The first kappa shape index (κ1) is 10.7. The Morgan fingerprint density at radius 1 is 1.50 bits per heavy atom. The average Bonchev–Trinajstić information content (AvgIpc) is 3.10. The van der Waals surface area contributed by atoms with Gasteiger partial charge >= 0.3 is 5.69 Å². The predicted octanol–water partition coefficient (Wildman–Crippen LogP) is 2.24. The molecule has 16 heavy (non-hydrogen) atoms. The summed E-state index contributed by atoms with van der Waals surface area (Å²) in [6.45, 7) is 0. The van der Waals surface area contributed by atoms with E-state index in [1.54, 1.807) is 19.2 Å². The predicted molar refractivity (Wildman–Crippen MR) is 64.1 cm³/mol. The fourth-order valence-electron chi connectivity index (χ4n) is 1.87. The third kappa shape index (κ3) is 1.80. The number of nitrogens with zero attached hydrogens (tertiary/aromatic N) is 2. The summed E-state index contributed by atoms with van der Waals surface area (Å²) in [6.07, 6.45) is 2.24. The minimum absolute atomic E-state index is 0.166. The van der Waals surface area contributed by atoms with Crippen LogP contribution in [0.4, 0.5) is 17.1 Å². The van der Waals surface area contributed by atoms with Crippen molar-refractivity contribution in [1.29, 1.82) is 0 Å². The maximum atomic E-state index is 11.1. The lowest BCUT2D eigenvalue weighted by molar-refractivity contribution is -0.383. The van der Waals surface area contributed by atoms with E-state index in [2.05, 4.69) is 5.32 Å².